The van der Waals surface area contributed by atoms with Crippen molar-refractivity contribution in [1.82, 2.24) is 10.1 Å². The molecule has 6 heteroatoms. The van der Waals surface area contributed by atoms with E-state index in [9.17, 15) is 4.79 Å². The molecule has 0 bridgehead atoms. The van der Waals surface area contributed by atoms with Crippen molar-refractivity contribution in [2.45, 2.75) is 32.1 Å². The first-order valence-corrected chi connectivity index (χ1v) is 8.72. The van der Waals surface area contributed by atoms with Gasteiger partial charge in [-0.25, -0.2) is 9.78 Å². The van der Waals surface area contributed by atoms with Gasteiger partial charge < -0.3 is 14.0 Å². The number of carbonyl (C=O) groups excluding carboxylic acids is 1. The Balaban J connectivity index is 1.49. The summed E-state index contributed by atoms with van der Waals surface area (Å²) in [5.74, 6) is 0.857. The Kier molecular flexibility index (Phi) is 4.32. The molecule has 0 saturated heterocycles. The molecule has 6 nitrogen and oxygen atoms in total. The number of pyridine rings is 1. The summed E-state index contributed by atoms with van der Waals surface area (Å²) in [5.41, 5.74) is 3.52. The summed E-state index contributed by atoms with van der Waals surface area (Å²) in [6.07, 6.45) is 2.83. The summed E-state index contributed by atoms with van der Waals surface area (Å²) < 4.78 is 15.9. The van der Waals surface area contributed by atoms with Crippen molar-refractivity contribution in [2.75, 3.05) is 13.7 Å². The van der Waals surface area contributed by atoms with Crippen LogP contribution in [0.25, 0.3) is 11.1 Å². The van der Waals surface area contributed by atoms with Crippen LogP contribution < -0.4 is 4.74 Å². The van der Waals surface area contributed by atoms with Crippen molar-refractivity contribution in [2.24, 2.45) is 0 Å². The third-order valence-electron chi connectivity index (χ3n) is 4.64. The Morgan fingerprint density at radius 1 is 1.27 bits per heavy atom. The Hall–Kier alpha value is -2.89. The summed E-state index contributed by atoms with van der Waals surface area (Å²) in [5, 5.41) is 4.59. The number of esters is 1. The number of fused-ring (bicyclic) bond motifs is 1. The molecule has 3 aromatic rings. The first kappa shape index (κ1) is 16.6. The van der Waals surface area contributed by atoms with E-state index < -0.39 is 0 Å². The standard InChI is InChI=1S/C20H20N2O4/c1-12-18-16(11-17(14-5-6-14)21-19(18)26-22-12)20(23)25-10-9-13-3-7-15(24-2)8-4-13/h3-4,7-8,11,14H,5-6,9-10H2,1-2H3. The molecule has 0 aliphatic heterocycles. The first-order valence-electron chi connectivity index (χ1n) is 8.72. The van der Waals surface area contributed by atoms with Gasteiger partial charge in [0.1, 0.15) is 5.75 Å². The van der Waals surface area contributed by atoms with Crippen LogP contribution in [0.1, 0.15) is 46.1 Å². The second kappa shape index (κ2) is 6.78. The Morgan fingerprint density at radius 2 is 2.04 bits per heavy atom. The molecule has 0 atom stereocenters. The zero-order valence-electron chi connectivity index (χ0n) is 14.8. The minimum Gasteiger partial charge on any atom is -0.497 e. The van der Waals surface area contributed by atoms with Crippen molar-refractivity contribution in [3.63, 3.8) is 0 Å². The average molecular weight is 352 g/mol. The number of rotatable bonds is 6. The second-order valence-corrected chi connectivity index (χ2v) is 6.55. The predicted molar refractivity (Wildman–Crippen MR) is 95.5 cm³/mol. The van der Waals surface area contributed by atoms with Crippen molar-refractivity contribution in [1.29, 1.82) is 0 Å². The third-order valence-corrected chi connectivity index (χ3v) is 4.64. The van der Waals surface area contributed by atoms with Crippen LogP contribution in [0, 0.1) is 6.92 Å². The van der Waals surface area contributed by atoms with Gasteiger partial charge in [0.15, 0.2) is 0 Å². The molecule has 1 aliphatic carbocycles. The van der Waals surface area contributed by atoms with Crippen molar-refractivity contribution >= 4 is 17.1 Å². The normalized spacial score (nSPS) is 13.8. The van der Waals surface area contributed by atoms with E-state index in [4.69, 9.17) is 14.0 Å². The van der Waals surface area contributed by atoms with Crippen LogP contribution in [0.4, 0.5) is 0 Å². The fourth-order valence-electron chi connectivity index (χ4n) is 2.99. The maximum atomic E-state index is 12.7. The Labute approximate surface area is 151 Å². The highest BCUT2D eigenvalue weighted by Crippen LogP contribution is 2.40. The SMILES string of the molecule is COc1ccc(CCOC(=O)c2cc(C3CC3)nc3onc(C)c23)cc1. The smallest absolute Gasteiger partial charge is 0.339 e. The summed E-state index contributed by atoms with van der Waals surface area (Å²) in [6.45, 7) is 2.11. The molecule has 2 aromatic heterocycles. The zero-order chi connectivity index (χ0) is 18.1. The number of hydrogen-bond acceptors (Lipinski definition) is 6. The molecule has 0 unspecified atom stereocenters. The molecule has 134 valence electrons. The van der Waals surface area contributed by atoms with E-state index in [1.165, 1.54) is 0 Å². The van der Waals surface area contributed by atoms with Gasteiger partial charge >= 0.3 is 5.97 Å². The minimum atomic E-state index is -0.362. The van der Waals surface area contributed by atoms with Crippen LogP contribution in [0.3, 0.4) is 0 Å². The lowest BCUT2D eigenvalue weighted by atomic mass is 10.1. The number of hydrogen-bond donors (Lipinski definition) is 0. The van der Waals surface area contributed by atoms with E-state index in [1.54, 1.807) is 14.0 Å². The lowest BCUT2D eigenvalue weighted by Crippen LogP contribution is -2.10. The predicted octanol–water partition coefficient (Wildman–Crippen LogP) is 3.82. The minimum absolute atomic E-state index is 0.304. The van der Waals surface area contributed by atoms with Crippen LogP contribution in [-0.4, -0.2) is 29.8 Å². The van der Waals surface area contributed by atoms with E-state index in [-0.39, 0.29) is 5.97 Å². The number of carbonyl (C=O) groups is 1. The van der Waals surface area contributed by atoms with Gasteiger partial charge in [-0.2, -0.15) is 0 Å². The molecule has 2 heterocycles. The lowest BCUT2D eigenvalue weighted by Gasteiger charge is -2.08. The molecule has 1 fully saturated rings. The summed E-state index contributed by atoms with van der Waals surface area (Å²) in [6, 6.07) is 9.55. The molecular formula is C20H20N2O4. The number of methoxy groups -OCH3 is 1. The zero-order valence-corrected chi connectivity index (χ0v) is 14.8. The highest BCUT2D eigenvalue weighted by Gasteiger charge is 2.29. The number of aromatic nitrogens is 2. The second-order valence-electron chi connectivity index (χ2n) is 6.55. The van der Waals surface area contributed by atoms with E-state index in [1.807, 2.05) is 30.3 Å². The summed E-state index contributed by atoms with van der Waals surface area (Å²) in [7, 11) is 1.63. The first-order chi connectivity index (χ1) is 12.7. The fourth-order valence-corrected chi connectivity index (χ4v) is 2.99. The topological polar surface area (TPSA) is 74.5 Å². The largest absolute Gasteiger partial charge is 0.497 e. The fraction of sp³-hybridized carbons (Fsp3) is 0.350. The van der Waals surface area contributed by atoms with Crippen LogP contribution in [0.5, 0.6) is 5.75 Å². The lowest BCUT2D eigenvalue weighted by molar-refractivity contribution is 0.0511. The van der Waals surface area contributed by atoms with Gasteiger partial charge in [-0.3, -0.25) is 0 Å². The molecule has 0 amide bonds. The monoisotopic (exact) mass is 352 g/mol. The number of nitrogens with zero attached hydrogens (tertiary/aromatic N) is 2. The molecule has 26 heavy (non-hydrogen) atoms. The van der Waals surface area contributed by atoms with Crippen molar-refractivity contribution in [3.8, 4) is 5.75 Å². The Morgan fingerprint density at radius 3 is 2.73 bits per heavy atom. The molecular weight excluding hydrogens is 332 g/mol. The summed E-state index contributed by atoms with van der Waals surface area (Å²) in [4.78, 5) is 17.2. The van der Waals surface area contributed by atoms with Gasteiger partial charge in [0.2, 0.25) is 0 Å². The average Bonchev–Trinajstić information content (AvgIpc) is 3.45. The highest BCUT2D eigenvalue weighted by molar-refractivity contribution is 6.03. The van der Waals surface area contributed by atoms with Gasteiger partial charge in [0.25, 0.3) is 5.71 Å². The van der Waals surface area contributed by atoms with Crippen molar-refractivity contribution < 1.29 is 18.8 Å². The molecule has 1 saturated carbocycles. The van der Waals surface area contributed by atoms with Gasteiger partial charge in [-0.1, -0.05) is 17.3 Å². The highest BCUT2D eigenvalue weighted by atomic mass is 16.5. The van der Waals surface area contributed by atoms with Crippen LogP contribution in [0.15, 0.2) is 34.9 Å². The molecule has 0 N–H and O–H groups in total. The molecule has 1 aromatic carbocycles. The van der Waals surface area contributed by atoms with Gasteiger partial charge in [0.05, 0.1) is 30.4 Å². The van der Waals surface area contributed by atoms with E-state index in [0.717, 1.165) is 29.8 Å². The maximum Gasteiger partial charge on any atom is 0.339 e. The van der Waals surface area contributed by atoms with Gasteiger partial charge in [-0.15, -0.1) is 0 Å². The number of ether oxygens (including phenoxy) is 2. The van der Waals surface area contributed by atoms with Gasteiger partial charge in [-0.05, 0) is 43.5 Å². The molecule has 1 aliphatic rings. The van der Waals surface area contributed by atoms with E-state index in [0.29, 0.717) is 41.3 Å². The molecule has 0 spiro atoms. The Bertz CT molecular complexity index is 942. The van der Waals surface area contributed by atoms with Crippen molar-refractivity contribution in [3.05, 3.63) is 52.8 Å². The third kappa shape index (κ3) is 3.27. The van der Waals surface area contributed by atoms with Crippen LogP contribution in [-0.2, 0) is 11.2 Å². The summed E-state index contributed by atoms with van der Waals surface area (Å²) >= 11 is 0. The quantitative estimate of drug-likeness (QED) is 0.628. The van der Waals surface area contributed by atoms with E-state index in [2.05, 4.69) is 10.1 Å². The number of benzene rings is 1. The van der Waals surface area contributed by atoms with Crippen LogP contribution >= 0.6 is 0 Å². The van der Waals surface area contributed by atoms with Gasteiger partial charge in [0, 0.05) is 18.0 Å². The number of aryl methyl sites for hydroxylation is 1. The van der Waals surface area contributed by atoms with Crippen LogP contribution in [0.2, 0.25) is 0 Å². The molecule has 4 rings (SSSR count). The molecule has 0 radical (unpaired) electrons. The van der Waals surface area contributed by atoms with E-state index >= 15 is 0 Å². The maximum absolute atomic E-state index is 12.7.